The molecule has 1 heterocycles. The average molecular weight is 246 g/mol. The van der Waals surface area contributed by atoms with Gasteiger partial charge in [0.1, 0.15) is 0 Å². The Bertz CT molecular complexity index is 471. The van der Waals surface area contributed by atoms with Crippen LogP contribution in [-0.4, -0.2) is 18.4 Å². The maximum absolute atomic E-state index is 12.2. The van der Waals surface area contributed by atoms with Gasteiger partial charge >= 0.3 is 0 Å². The van der Waals surface area contributed by atoms with E-state index in [0.29, 0.717) is 13.0 Å². The molecule has 1 N–H and O–H groups in total. The van der Waals surface area contributed by atoms with Crippen LogP contribution in [0.1, 0.15) is 26.7 Å². The molecular formula is C14H18N2O2. The molecule has 1 unspecified atom stereocenters. The van der Waals surface area contributed by atoms with Crippen molar-refractivity contribution in [3.8, 4) is 0 Å². The number of nitrogens with one attached hydrogen (secondary N) is 1. The van der Waals surface area contributed by atoms with E-state index in [-0.39, 0.29) is 17.7 Å². The molecule has 0 bridgehead atoms. The topological polar surface area (TPSA) is 49.4 Å². The number of rotatable bonds is 2. The molecule has 0 aliphatic carbocycles. The van der Waals surface area contributed by atoms with E-state index in [9.17, 15) is 9.59 Å². The van der Waals surface area contributed by atoms with Crippen LogP contribution in [0.5, 0.6) is 0 Å². The van der Waals surface area contributed by atoms with Crippen LogP contribution in [0.25, 0.3) is 0 Å². The van der Waals surface area contributed by atoms with Gasteiger partial charge in [-0.05, 0) is 18.6 Å². The molecule has 2 amide bonds. The van der Waals surface area contributed by atoms with Gasteiger partial charge in [0, 0.05) is 13.0 Å². The Balaban J connectivity index is 2.39. The van der Waals surface area contributed by atoms with Crippen LogP contribution in [0.2, 0.25) is 0 Å². The number of para-hydroxylation sites is 2. The molecule has 0 saturated heterocycles. The number of fused-ring (bicyclic) bond motifs is 1. The number of amides is 2. The molecular weight excluding hydrogens is 228 g/mol. The summed E-state index contributed by atoms with van der Waals surface area (Å²) >= 11 is 0. The normalized spacial score (nSPS) is 18.9. The maximum atomic E-state index is 12.2. The second-order valence-electron chi connectivity index (χ2n) is 4.66. The standard InChI is InChI=1S/C14H18N2O2/c1-3-6-13(17)16-9-10(2)14(18)15-11-7-4-5-8-12(11)16/h4-5,7-8,10H,3,6,9H2,1-2H3,(H,15,18). The van der Waals surface area contributed by atoms with Crippen molar-refractivity contribution in [1.82, 2.24) is 0 Å². The summed E-state index contributed by atoms with van der Waals surface area (Å²) in [4.78, 5) is 25.7. The molecule has 0 radical (unpaired) electrons. The average Bonchev–Trinajstić information content (AvgIpc) is 2.48. The largest absolute Gasteiger partial charge is 0.324 e. The summed E-state index contributed by atoms with van der Waals surface area (Å²) in [6.45, 7) is 4.27. The molecule has 1 atom stereocenters. The van der Waals surface area contributed by atoms with Crippen molar-refractivity contribution < 1.29 is 9.59 Å². The maximum Gasteiger partial charge on any atom is 0.229 e. The summed E-state index contributed by atoms with van der Waals surface area (Å²) in [7, 11) is 0. The third-order valence-electron chi connectivity index (χ3n) is 3.12. The summed E-state index contributed by atoms with van der Waals surface area (Å²) in [5, 5.41) is 2.87. The number of nitrogens with zero attached hydrogens (tertiary/aromatic N) is 1. The van der Waals surface area contributed by atoms with E-state index in [1.165, 1.54) is 0 Å². The lowest BCUT2D eigenvalue weighted by atomic mass is 10.1. The first-order chi connectivity index (χ1) is 8.63. The molecule has 1 aliphatic heterocycles. The van der Waals surface area contributed by atoms with Crippen LogP contribution in [0.15, 0.2) is 24.3 Å². The van der Waals surface area contributed by atoms with Crippen molar-refractivity contribution in [2.75, 3.05) is 16.8 Å². The van der Waals surface area contributed by atoms with E-state index in [2.05, 4.69) is 5.32 Å². The Hall–Kier alpha value is -1.84. The Kier molecular flexibility index (Phi) is 3.65. The van der Waals surface area contributed by atoms with Crippen LogP contribution in [-0.2, 0) is 9.59 Å². The van der Waals surface area contributed by atoms with Crippen molar-refractivity contribution in [2.24, 2.45) is 5.92 Å². The van der Waals surface area contributed by atoms with Gasteiger partial charge in [0.15, 0.2) is 0 Å². The smallest absolute Gasteiger partial charge is 0.229 e. The highest BCUT2D eigenvalue weighted by atomic mass is 16.2. The van der Waals surface area contributed by atoms with Crippen molar-refractivity contribution in [3.05, 3.63) is 24.3 Å². The van der Waals surface area contributed by atoms with Crippen molar-refractivity contribution >= 4 is 23.2 Å². The van der Waals surface area contributed by atoms with E-state index in [1.54, 1.807) is 4.90 Å². The minimum Gasteiger partial charge on any atom is -0.324 e. The minimum atomic E-state index is -0.196. The van der Waals surface area contributed by atoms with Gasteiger partial charge in [0.05, 0.1) is 17.3 Å². The van der Waals surface area contributed by atoms with E-state index in [0.717, 1.165) is 17.8 Å². The fraction of sp³-hybridized carbons (Fsp3) is 0.429. The van der Waals surface area contributed by atoms with E-state index in [4.69, 9.17) is 0 Å². The van der Waals surface area contributed by atoms with Crippen molar-refractivity contribution in [3.63, 3.8) is 0 Å². The first kappa shape index (κ1) is 12.6. The molecule has 96 valence electrons. The molecule has 1 aromatic rings. The van der Waals surface area contributed by atoms with Crippen molar-refractivity contribution in [2.45, 2.75) is 26.7 Å². The number of carbonyl (C=O) groups is 2. The monoisotopic (exact) mass is 246 g/mol. The third kappa shape index (κ3) is 2.37. The van der Waals surface area contributed by atoms with E-state index in [1.807, 2.05) is 38.1 Å². The predicted molar refractivity (Wildman–Crippen MR) is 71.5 cm³/mol. The highest BCUT2D eigenvalue weighted by molar-refractivity contribution is 6.04. The van der Waals surface area contributed by atoms with Crippen LogP contribution < -0.4 is 10.2 Å². The summed E-state index contributed by atoms with van der Waals surface area (Å²) in [6, 6.07) is 7.45. The van der Waals surface area contributed by atoms with Crippen LogP contribution in [0.4, 0.5) is 11.4 Å². The Morgan fingerprint density at radius 2 is 2.17 bits per heavy atom. The summed E-state index contributed by atoms with van der Waals surface area (Å²) in [6.07, 6.45) is 1.32. The zero-order chi connectivity index (χ0) is 13.1. The molecule has 0 aromatic heterocycles. The fourth-order valence-corrected chi connectivity index (χ4v) is 2.11. The van der Waals surface area contributed by atoms with Gasteiger partial charge in [0.2, 0.25) is 11.8 Å². The van der Waals surface area contributed by atoms with Gasteiger partial charge < -0.3 is 10.2 Å². The number of carbonyl (C=O) groups excluding carboxylic acids is 2. The summed E-state index contributed by atoms with van der Waals surface area (Å²) in [5.41, 5.74) is 1.52. The highest BCUT2D eigenvalue weighted by Gasteiger charge is 2.27. The number of benzene rings is 1. The second-order valence-corrected chi connectivity index (χ2v) is 4.66. The molecule has 0 fully saturated rings. The quantitative estimate of drug-likeness (QED) is 0.871. The van der Waals surface area contributed by atoms with Crippen LogP contribution in [0, 0.1) is 5.92 Å². The first-order valence-electron chi connectivity index (χ1n) is 6.33. The molecule has 4 heteroatoms. The molecule has 0 spiro atoms. The zero-order valence-corrected chi connectivity index (χ0v) is 10.8. The van der Waals surface area contributed by atoms with E-state index < -0.39 is 0 Å². The van der Waals surface area contributed by atoms with Gasteiger partial charge in [-0.1, -0.05) is 26.0 Å². The van der Waals surface area contributed by atoms with Gasteiger partial charge in [-0.15, -0.1) is 0 Å². The van der Waals surface area contributed by atoms with E-state index >= 15 is 0 Å². The second kappa shape index (κ2) is 5.21. The molecule has 2 rings (SSSR count). The fourth-order valence-electron chi connectivity index (χ4n) is 2.11. The predicted octanol–water partition coefficient (Wildman–Crippen LogP) is 2.41. The lowest BCUT2D eigenvalue weighted by Crippen LogP contribution is -2.35. The highest BCUT2D eigenvalue weighted by Crippen LogP contribution is 2.30. The molecule has 1 aliphatic rings. The number of hydrogen-bond acceptors (Lipinski definition) is 2. The number of hydrogen-bond donors (Lipinski definition) is 1. The van der Waals surface area contributed by atoms with Gasteiger partial charge in [0.25, 0.3) is 0 Å². The Morgan fingerprint density at radius 1 is 1.44 bits per heavy atom. The third-order valence-corrected chi connectivity index (χ3v) is 3.12. The lowest BCUT2D eigenvalue weighted by Gasteiger charge is -2.23. The van der Waals surface area contributed by atoms with Crippen molar-refractivity contribution in [1.29, 1.82) is 0 Å². The Morgan fingerprint density at radius 3 is 2.89 bits per heavy atom. The summed E-state index contributed by atoms with van der Waals surface area (Å²) in [5.74, 6) is -0.152. The van der Waals surface area contributed by atoms with Gasteiger partial charge in [-0.25, -0.2) is 0 Å². The Labute approximate surface area is 107 Å². The van der Waals surface area contributed by atoms with Crippen LogP contribution >= 0.6 is 0 Å². The lowest BCUT2D eigenvalue weighted by molar-refractivity contribution is -0.120. The first-order valence-corrected chi connectivity index (χ1v) is 6.33. The van der Waals surface area contributed by atoms with Crippen LogP contribution in [0.3, 0.4) is 0 Å². The van der Waals surface area contributed by atoms with Gasteiger partial charge in [-0.2, -0.15) is 0 Å². The molecule has 1 aromatic carbocycles. The molecule has 0 saturated carbocycles. The number of anilines is 2. The van der Waals surface area contributed by atoms with Gasteiger partial charge in [-0.3, -0.25) is 9.59 Å². The molecule has 4 nitrogen and oxygen atoms in total. The minimum absolute atomic E-state index is 0.0331. The molecule has 18 heavy (non-hydrogen) atoms. The summed E-state index contributed by atoms with van der Waals surface area (Å²) < 4.78 is 0. The SMILES string of the molecule is CCCC(=O)N1CC(C)C(=O)Nc2ccccc21. The zero-order valence-electron chi connectivity index (χ0n) is 10.8.